The number of aryl methyl sites for hydroxylation is 1. The minimum atomic E-state index is -3.61. The number of anilines is 1. The lowest BCUT2D eigenvalue weighted by atomic mass is 10.1. The van der Waals surface area contributed by atoms with Gasteiger partial charge in [0.1, 0.15) is 5.82 Å². The molecule has 0 aliphatic carbocycles. The van der Waals surface area contributed by atoms with Gasteiger partial charge in [0.15, 0.2) is 0 Å². The molecule has 1 fully saturated rings. The molecule has 1 heterocycles. The Morgan fingerprint density at radius 1 is 1.22 bits per heavy atom. The van der Waals surface area contributed by atoms with Crippen LogP contribution in [0.15, 0.2) is 41.3 Å². The van der Waals surface area contributed by atoms with E-state index in [1.165, 1.54) is 10.4 Å². The Hall–Kier alpha value is -2.47. The summed E-state index contributed by atoms with van der Waals surface area (Å²) in [4.78, 5) is 0.231. The molecule has 1 N–H and O–H groups in total. The van der Waals surface area contributed by atoms with Crippen LogP contribution in [-0.4, -0.2) is 39.0 Å². The fraction of sp³-hybridized carbons (Fsp3) is 0.316. The summed E-state index contributed by atoms with van der Waals surface area (Å²) in [7, 11) is -3.61. The Morgan fingerprint density at radius 3 is 2.63 bits per heavy atom. The zero-order valence-corrected chi connectivity index (χ0v) is 15.7. The number of rotatable bonds is 5. The minimum absolute atomic E-state index is 0.178. The second kappa shape index (κ2) is 8.05. The lowest BCUT2D eigenvalue weighted by Crippen LogP contribution is -2.40. The Bertz CT molecular complexity index is 980. The molecule has 1 aliphatic heterocycles. The number of benzene rings is 2. The fourth-order valence-electron chi connectivity index (χ4n) is 2.87. The molecule has 0 bridgehead atoms. The van der Waals surface area contributed by atoms with Crippen molar-refractivity contribution in [3.63, 3.8) is 0 Å². The number of ether oxygens (including phenoxy) is 1. The van der Waals surface area contributed by atoms with E-state index in [4.69, 9.17) is 10.00 Å². The molecule has 3 rings (SSSR count). The molecule has 0 amide bonds. The first-order valence-electron chi connectivity index (χ1n) is 8.53. The lowest BCUT2D eigenvalue weighted by molar-refractivity contribution is 0.0730. The smallest absolute Gasteiger partial charge is 0.243 e. The van der Waals surface area contributed by atoms with Crippen molar-refractivity contribution in [3.8, 4) is 6.07 Å². The number of nitrogens with one attached hydrogen (secondary N) is 1. The number of halogens is 1. The van der Waals surface area contributed by atoms with Gasteiger partial charge in [0.25, 0.3) is 0 Å². The van der Waals surface area contributed by atoms with Gasteiger partial charge in [0.05, 0.1) is 29.7 Å². The topological polar surface area (TPSA) is 82.4 Å². The molecule has 0 radical (unpaired) electrons. The maximum Gasteiger partial charge on any atom is 0.243 e. The predicted octanol–water partition coefficient (Wildman–Crippen LogP) is 2.64. The van der Waals surface area contributed by atoms with Crippen LogP contribution in [0.4, 0.5) is 10.1 Å². The minimum Gasteiger partial charge on any atom is -0.381 e. The summed E-state index contributed by atoms with van der Waals surface area (Å²) in [5, 5.41) is 11.9. The van der Waals surface area contributed by atoms with Gasteiger partial charge in [0.2, 0.25) is 10.0 Å². The highest BCUT2D eigenvalue weighted by Crippen LogP contribution is 2.25. The Kier molecular flexibility index (Phi) is 5.75. The van der Waals surface area contributed by atoms with Gasteiger partial charge in [-0.15, -0.1) is 0 Å². The van der Waals surface area contributed by atoms with E-state index in [0.717, 1.165) is 0 Å². The molecular weight excluding hydrogens is 369 g/mol. The molecule has 1 saturated heterocycles. The third-order valence-electron chi connectivity index (χ3n) is 4.44. The fourth-order valence-corrected chi connectivity index (χ4v) is 4.53. The van der Waals surface area contributed by atoms with Crippen molar-refractivity contribution in [2.75, 3.05) is 31.6 Å². The van der Waals surface area contributed by atoms with E-state index in [9.17, 15) is 12.8 Å². The van der Waals surface area contributed by atoms with Crippen molar-refractivity contribution < 1.29 is 17.5 Å². The van der Waals surface area contributed by atoms with E-state index in [-0.39, 0.29) is 17.0 Å². The molecule has 142 valence electrons. The molecule has 0 saturated carbocycles. The molecule has 27 heavy (non-hydrogen) atoms. The van der Waals surface area contributed by atoms with Gasteiger partial charge < -0.3 is 10.1 Å². The van der Waals surface area contributed by atoms with Crippen LogP contribution >= 0.6 is 0 Å². The summed E-state index contributed by atoms with van der Waals surface area (Å²) in [5.41, 5.74) is 1.88. The van der Waals surface area contributed by atoms with E-state index in [1.807, 2.05) is 6.07 Å². The van der Waals surface area contributed by atoms with E-state index in [1.54, 1.807) is 37.3 Å². The van der Waals surface area contributed by atoms with Gasteiger partial charge in [-0.2, -0.15) is 9.57 Å². The molecule has 0 spiro atoms. The van der Waals surface area contributed by atoms with E-state index >= 15 is 0 Å². The zero-order chi connectivity index (χ0) is 19.4. The van der Waals surface area contributed by atoms with Crippen molar-refractivity contribution in [2.45, 2.75) is 18.4 Å². The highest BCUT2D eigenvalue weighted by Gasteiger charge is 2.27. The van der Waals surface area contributed by atoms with Crippen LogP contribution in [0.5, 0.6) is 0 Å². The van der Waals surface area contributed by atoms with Crippen molar-refractivity contribution in [2.24, 2.45) is 0 Å². The first kappa shape index (κ1) is 19.3. The van der Waals surface area contributed by atoms with Crippen LogP contribution in [0.3, 0.4) is 0 Å². The molecule has 2 aromatic carbocycles. The second-order valence-corrected chi connectivity index (χ2v) is 8.17. The summed E-state index contributed by atoms with van der Waals surface area (Å²) >= 11 is 0. The Labute approximate surface area is 158 Å². The third-order valence-corrected chi connectivity index (χ3v) is 6.48. The van der Waals surface area contributed by atoms with E-state index in [2.05, 4.69) is 5.32 Å². The number of morpholine rings is 1. The van der Waals surface area contributed by atoms with E-state index in [0.29, 0.717) is 43.1 Å². The largest absolute Gasteiger partial charge is 0.381 e. The zero-order valence-electron chi connectivity index (χ0n) is 14.9. The summed E-state index contributed by atoms with van der Waals surface area (Å²) in [6.45, 7) is 3.35. The summed E-state index contributed by atoms with van der Waals surface area (Å²) in [6.07, 6.45) is 0. The van der Waals surface area contributed by atoms with E-state index < -0.39 is 15.8 Å². The summed E-state index contributed by atoms with van der Waals surface area (Å²) in [5.74, 6) is -0.477. The maximum atomic E-state index is 14.0. The molecule has 6 nitrogen and oxygen atoms in total. The highest BCUT2D eigenvalue weighted by molar-refractivity contribution is 7.89. The normalized spacial score (nSPS) is 15.3. The average molecular weight is 389 g/mol. The number of hydrogen-bond donors (Lipinski definition) is 1. The van der Waals surface area contributed by atoms with Crippen LogP contribution in [0.2, 0.25) is 0 Å². The van der Waals surface area contributed by atoms with Crippen molar-refractivity contribution >= 4 is 15.7 Å². The monoisotopic (exact) mass is 389 g/mol. The summed E-state index contributed by atoms with van der Waals surface area (Å²) < 4.78 is 46.5. The van der Waals surface area contributed by atoms with Gasteiger partial charge in [0, 0.05) is 30.9 Å². The molecule has 0 aromatic heterocycles. The predicted molar refractivity (Wildman–Crippen MR) is 99.2 cm³/mol. The first-order valence-corrected chi connectivity index (χ1v) is 9.97. The van der Waals surface area contributed by atoms with Crippen molar-refractivity contribution in [3.05, 3.63) is 58.9 Å². The van der Waals surface area contributed by atoms with Crippen LogP contribution < -0.4 is 5.32 Å². The number of sulfonamides is 1. The average Bonchev–Trinajstić information content (AvgIpc) is 2.68. The Balaban J connectivity index is 1.80. The molecular formula is C19H20FN3O3S. The van der Waals surface area contributed by atoms with Gasteiger partial charge in [-0.3, -0.25) is 0 Å². The standard InChI is InChI=1S/C19H20FN3O3S/c1-14-2-5-17(22-13-16-4-3-15(12-21)10-18(16)20)11-19(14)27(24,25)23-6-8-26-9-7-23/h2-5,10-11,22H,6-9,13H2,1H3. The van der Waals surface area contributed by atoms with Gasteiger partial charge in [-0.1, -0.05) is 12.1 Å². The lowest BCUT2D eigenvalue weighted by Gasteiger charge is -2.27. The summed E-state index contributed by atoms with van der Waals surface area (Å²) in [6, 6.07) is 11.2. The highest BCUT2D eigenvalue weighted by atomic mass is 32.2. The third kappa shape index (κ3) is 4.27. The van der Waals surface area contributed by atoms with Crippen LogP contribution in [0.1, 0.15) is 16.7 Å². The van der Waals surface area contributed by atoms with Gasteiger partial charge >= 0.3 is 0 Å². The quantitative estimate of drug-likeness (QED) is 0.850. The SMILES string of the molecule is Cc1ccc(NCc2ccc(C#N)cc2F)cc1S(=O)(=O)N1CCOCC1. The molecule has 8 heteroatoms. The maximum absolute atomic E-state index is 14.0. The first-order chi connectivity index (χ1) is 12.9. The molecule has 2 aromatic rings. The number of nitriles is 1. The van der Waals surface area contributed by atoms with Crippen molar-refractivity contribution in [1.29, 1.82) is 5.26 Å². The molecule has 0 atom stereocenters. The van der Waals surface area contributed by atoms with Gasteiger partial charge in [-0.05, 0) is 36.8 Å². The van der Waals surface area contributed by atoms with Crippen LogP contribution in [0.25, 0.3) is 0 Å². The van der Waals surface area contributed by atoms with Crippen molar-refractivity contribution in [1.82, 2.24) is 4.31 Å². The van der Waals surface area contributed by atoms with Crippen LogP contribution in [0, 0.1) is 24.1 Å². The number of nitrogens with zero attached hydrogens (tertiary/aromatic N) is 2. The Morgan fingerprint density at radius 2 is 1.96 bits per heavy atom. The second-order valence-electron chi connectivity index (χ2n) is 6.27. The van der Waals surface area contributed by atoms with Gasteiger partial charge in [-0.25, -0.2) is 12.8 Å². The van der Waals surface area contributed by atoms with Crippen LogP contribution in [-0.2, 0) is 21.3 Å². The number of hydrogen-bond acceptors (Lipinski definition) is 5. The molecule has 0 unspecified atom stereocenters. The molecule has 1 aliphatic rings.